The van der Waals surface area contributed by atoms with Crippen LogP contribution in [0.15, 0.2) is 18.2 Å². The van der Waals surface area contributed by atoms with Crippen LogP contribution < -0.4 is 5.32 Å². The van der Waals surface area contributed by atoms with E-state index in [1.165, 1.54) is 13.0 Å². The average Bonchev–Trinajstić information content (AvgIpc) is 2.35. The van der Waals surface area contributed by atoms with Crippen LogP contribution in [0, 0.1) is 5.82 Å². The Bertz CT molecular complexity index is 457. The molecular weight excluding hydrogens is 261 g/mol. The van der Waals surface area contributed by atoms with Crippen LogP contribution in [0.2, 0.25) is 0 Å². The standard InChI is InChI=1S/C15H24FNO3/c1-14(2,3)11-7-10(5-6-12(11)16)8-17-15(4,9-18)13(19)20/h5-7,13,17-20H,8-9H2,1-4H3. The van der Waals surface area contributed by atoms with Gasteiger partial charge in [0.2, 0.25) is 0 Å². The maximum atomic E-state index is 13.8. The molecule has 4 nitrogen and oxygen atoms in total. The summed E-state index contributed by atoms with van der Waals surface area (Å²) in [4.78, 5) is 0. The van der Waals surface area contributed by atoms with Crippen molar-refractivity contribution in [3.8, 4) is 0 Å². The zero-order valence-corrected chi connectivity index (χ0v) is 12.4. The number of aliphatic hydroxyl groups excluding tert-OH is 2. The maximum Gasteiger partial charge on any atom is 0.172 e. The predicted molar refractivity (Wildman–Crippen MR) is 75.7 cm³/mol. The van der Waals surface area contributed by atoms with Gasteiger partial charge in [-0.3, -0.25) is 0 Å². The van der Waals surface area contributed by atoms with E-state index in [2.05, 4.69) is 5.32 Å². The summed E-state index contributed by atoms with van der Waals surface area (Å²) < 4.78 is 13.8. The molecule has 0 spiro atoms. The van der Waals surface area contributed by atoms with Gasteiger partial charge in [0.1, 0.15) is 5.82 Å². The van der Waals surface area contributed by atoms with Gasteiger partial charge in [-0.1, -0.05) is 32.9 Å². The number of aliphatic hydroxyl groups is 3. The molecule has 0 heterocycles. The van der Waals surface area contributed by atoms with Crippen molar-refractivity contribution in [3.05, 3.63) is 35.1 Å². The molecule has 1 unspecified atom stereocenters. The molecule has 0 bridgehead atoms. The van der Waals surface area contributed by atoms with Gasteiger partial charge in [0.15, 0.2) is 6.29 Å². The van der Waals surface area contributed by atoms with E-state index < -0.39 is 18.4 Å². The van der Waals surface area contributed by atoms with Crippen molar-refractivity contribution in [2.24, 2.45) is 0 Å². The third-order valence-electron chi connectivity index (χ3n) is 3.43. The Labute approximate surface area is 119 Å². The third-order valence-corrected chi connectivity index (χ3v) is 3.43. The van der Waals surface area contributed by atoms with Crippen LogP contribution >= 0.6 is 0 Å². The summed E-state index contributed by atoms with van der Waals surface area (Å²) >= 11 is 0. The second-order valence-corrected chi connectivity index (χ2v) is 6.37. The molecule has 5 heteroatoms. The highest BCUT2D eigenvalue weighted by Crippen LogP contribution is 2.26. The van der Waals surface area contributed by atoms with Gasteiger partial charge in [-0.2, -0.15) is 0 Å². The molecule has 0 aromatic heterocycles. The normalized spacial score (nSPS) is 15.4. The predicted octanol–water partition coefficient (Wildman–Crippen LogP) is 1.27. The second-order valence-electron chi connectivity index (χ2n) is 6.37. The summed E-state index contributed by atoms with van der Waals surface area (Å²) in [6.45, 7) is 7.18. The minimum atomic E-state index is -1.69. The molecule has 0 amide bonds. The fourth-order valence-electron chi connectivity index (χ4n) is 1.79. The molecule has 0 aliphatic carbocycles. The summed E-state index contributed by atoms with van der Waals surface area (Å²) in [5.74, 6) is -0.256. The highest BCUT2D eigenvalue weighted by Gasteiger charge is 2.30. The quantitative estimate of drug-likeness (QED) is 0.615. The molecule has 1 atom stereocenters. The smallest absolute Gasteiger partial charge is 0.172 e. The third kappa shape index (κ3) is 3.99. The lowest BCUT2D eigenvalue weighted by atomic mass is 9.85. The van der Waals surface area contributed by atoms with E-state index in [0.29, 0.717) is 12.1 Å². The molecule has 1 aromatic rings. The number of hydrogen-bond acceptors (Lipinski definition) is 4. The van der Waals surface area contributed by atoms with E-state index >= 15 is 0 Å². The second kappa shape index (κ2) is 6.18. The van der Waals surface area contributed by atoms with Crippen LogP contribution in [0.5, 0.6) is 0 Å². The first kappa shape index (κ1) is 17.0. The molecule has 0 saturated carbocycles. The largest absolute Gasteiger partial charge is 0.394 e. The van der Waals surface area contributed by atoms with Crippen molar-refractivity contribution in [2.75, 3.05) is 6.61 Å². The fraction of sp³-hybridized carbons (Fsp3) is 0.600. The van der Waals surface area contributed by atoms with Crippen molar-refractivity contribution in [1.82, 2.24) is 5.32 Å². The van der Waals surface area contributed by atoms with E-state index in [4.69, 9.17) is 0 Å². The minimum Gasteiger partial charge on any atom is -0.394 e. The van der Waals surface area contributed by atoms with Crippen molar-refractivity contribution in [1.29, 1.82) is 0 Å². The molecular formula is C15H24FNO3. The fourth-order valence-corrected chi connectivity index (χ4v) is 1.79. The van der Waals surface area contributed by atoms with Crippen molar-refractivity contribution < 1.29 is 19.7 Å². The zero-order valence-electron chi connectivity index (χ0n) is 12.4. The van der Waals surface area contributed by atoms with E-state index in [-0.39, 0.29) is 11.2 Å². The Kier molecular flexibility index (Phi) is 5.27. The van der Waals surface area contributed by atoms with Crippen LogP contribution in [-0.2, 0) is 12.0 Å². The van der Waals surface area contributed by atoms with Gasteiger partial charge in [0.25, 0.3) is 0 Å². The van der Waals surface area contributed by atoms with Gasteiger partial charge >= 0.3 is 0 Å². The molecule has 1 rings (SSSR count). The summed E-state index contributed by atoms with van der Waals surface area (Å²) in [6.07, 6.45) is -1.69. The first-order chi connectivity index (χ1) is 9.10. The van der Waals surface area contributed by atoms with Crippen LogP contribution in [0.3, 0.4) is 0 Å². The Morgan fingerprint density at radius 2 is 1.80 bits per heavy atom. The van der Waals surface area contributed by atoms with Crippen molar-refractivity contribution >= 4 is 0 Å². The molecule has 0 aliphatic heterocycles. The lowest BCUT2D eigenvalue weighted by Gasteiger charge is -2.30. The van der Waals surface area contributed by atoms with Gasteiger partial charge in [-0.15, -0.1) is 0 Å². The SMILES string of the molecule is CC(C)(C)c1cc(CNC(C)(CO)C(O)O)ccc1F. The molecule has 1 aromatic carbocycles. The van der Waals surface area contributed by atoms with Crippen LogP contribution in [0.25, 0.3) is 0 Å². The van der Waals surface area contributed by atoms with Crippen molar-refractivity contribution in [2.45, 2.75) is 51.5 Å². The summed E-state index contributed by atoms with van der Waals surface area (Å²) in [6, 6.07) is 4.80. The summed E-state index contributed by atoms with van der Waals surface area (Å²) in [5.41, 5.74) is -0.101. The highest BCUT2D eigenvalue weighted by molar-refractivity contribution is 5.30. The molecule has 0 saturated heterocycles. The van der Waals surface area contributed by atoms with Gasteiger partial charge in [-0.25, -0.2) is 4.39 Å². The zero-order chi connectivity index (χ0) is 15.6. The molecule has 0 aliphatic rings. The van der Waals surface area contributed by atoms with Gasteiger partial charge in [0.05, 0.1) is 12.1 Å². The molecule has 0 fully saturated rings. The van der Waals surface area contributed by atoms with E-state index in [1.807, 2.05) is 20.8 Å². The lowest BCUT2D eigenvalue weighted by molar-refractivity contribution is -0.117. The van der Waals surface area contributed by atoms with Crippen LogP contribution in [-0.4, -0.2) is 33.8 Å². The molecule has 114 valence electrons. The molecule has 20 heavy (non-hydrogen) atoms. The first-order valence-electron chi connectivity index (χ1n) is 6.61. The number of hydrogen-bond donors (Lipinski definition) is 4. The number of benzene rings is 1. The lowest BCUT2D eigenvalue weighted by Crippen LogP contribution is -2.54. The first-order valence-corrected chi connectivity index (χ1v) is 6.61. The van der Waals surface area contributed by atoms with E-state index in [0.717, 1.165) is 5.56 Å². The Balaban J connectivity index is 2.90. The van der Waals surface area contributed by atoms with Crippen LogP contribution in [0.4, 0.5) is 4.39 Å². The Hall–Kier alpha value is -1.01. The average molecular weight is 285 g/mol. The van der Waals surface area contributed by atoms with Gasteiger partial charge in [-0.05, 0) is 29.5 Å². The highest BCUT2D eigenvalue weighted by atomic mass is 19.1. The summed E-state index contributed by atoms with van der Waals surface area (Å²) in [7, 11) is 0. The maximum absolute atomic E-state index is 13.8. The summed E-state index contributed by atoms with van der Waals surface area (Å²) in [5, 5.41) is 30.6. The monoisotopic (exact) mass is 285 g/mol. The van der Waals surface area contributed by atoms with E-state index in [1.54, 1.807) is 12.1 Å². The number of halogens is 1. The number of rotatable bonds is 5. The topological polar surface area (TPSA) is 72.7 Å². The number of nitrogens with one attached hydrogen (secondary N) is 1. The van der Waals surface area contributed by atoms with E-state index in [9.17, 15) is 19.7 Å². The minimum absolute atomic E-state index is 0.256. The molecule has 0 radical (unpaired) electrons. The Morgan fingerprint density at radius 1 is 1.20 bits per heavy atom. The Morgan fingerprint density at radius 3 is 2.25 bits per heavy atom. The van der Waals surface area contributed by atoms with Gasteiger partial charge in [0, 0.05) is 6.54 Å². The van der Waals surface area contributed by atoms with Crippen LogP contribution in [0.1, 0.15) is 38.8 Å². The van der Waals surface area contributed by atoms with Gasteiger partial charge < -0.3 is 20.6 Å². The van der Waals surface area contributed by atoms with Crippen molar-refractivity contribution in [3.63, 3.8) is 0 Å². The molecule has 4 N–H and O–H groups in total.